The third kappa shape index (κ3) is 2.88. The van der Waals surface area contributed by atoms with Gasteiger partial charge in [-0.15, -0.1) is 0 Å². The van der Waals surface area contributed by atoms with Gasteiger partial charge in [0.25, 0.3) is 5.91 Å². The first-order chi connectivity index (χ1) is 9.49. The van der Waals surface area contributed by atoms with Gasteiger partial charge >= 0.3 is 0 Å². The van der Waals surface area contributed by atoms with Crippen molar-refractivity contribution in [2.24, 2.45) is 0 Å². The smallest absolute Gasteiger partial charge is 0.258 e. The molecule has 5 heteroatoms. The van der Waals surface area contributed by atoms with E-state index < -0.39 is 11.7 Å². The fourth-order valence-corrected chi connectivity index (χ4v) is 1.88. The second-order valence-electron chi connectivity index (χ2n) is 4.60. The van der Waals surface area contributed by atoms with Gasteiger partial charge in [-0.05, 0) is 30.3 Å². The first-order valence-corrected chi connectivity index (χ1v) is 6.12. The van der Waals surface area contributed by atoms with Gasteiger partial charge in [0.15, 0.2) is 0 Å². The number of carbonyl (C=O) groups is 1. The molecule has 3 N–H and O–H groups in total. The molecule has 0 unspecified atom stereocenters. The van der Waals surface area contributed by atoms with Crippen LogP contribution >= 0.6 is 0 Å². The van der Waals surface area contributed by atoms with E-state index in [1.807, 2.05) is 19.0 Å². The van der Waals surface area contributed by atoms with Crippen LogP contribution in [0.5, 0.6) is 0 Å². The molecule has 0 fully saturated rings. The van der Waals surface area contributed by atoms with Gasteiger partial charge in [0.2, 0.25) is 0 Å². The lowest BCUT2D eigenvalue weighted by Crippen LogP contribution is -2.15. The van der Waals surface area contributed by atoms with Crippen molar-refractivity contribution in [2.45, 2.75) is 0 Å². The number of hydrogen-bond donors (Lipinski definition) is 2. The molecular formula is C15H16FN3O. The van der Waals surface area contributed by atoms with E-state index >= 15 is 0 Å². The summed E-state index contributed by atoms with van der Waals surface area (Å²) < 4.78 is 13.5. The number of hydrogen-bond acceptors (Lipinski definition) is 3. The minimum atomic E-state index is -0.553. The predicted octanol–water partition coefficient (Wildman–Crippen LogP) is 2.73. The molecule has 20 heavy (non-hydrogen) atoms. The molecule has 0 radical (unpaired) electrons. The Morgan fingerprint density at radius 2 is 1.90 bits per heavy atom. The normalized spacial score (nSPS) is 10.2. The summed E-state index contributed by atoms with van der Waals surface area (Å²) in [6.07, 6.45) is 0. The topological polar surface area (TPSA) is 58.4 Å². The van der Waals surface area contributed by atoms with Crippen LogP contribution in [0, 0.1) is 5.82 Å². The van der Waals surface area contributed by atoms with E-state index in [0.717, 1.165) is 5.69 Å². The third-order valence-electron chi connectivity index (χ3n) is 2.89. The molecule has 4 nitrogen and oxygen atoms in total. The Kier molecular flexibility index (Phi) is 3.89. The van der Waals surface area contributed by atoms with Crippen LogP contribution < -0.4 is 16.0 Å². The Morgan fingerprint density at radius 3 is 2.50 bits per heavy atom. The largest absolute Gasteiger partial charge is 0.397 e. The van der Waals surface area contributed by atoms with E-state index in [2.05, 4.69) is 5.32 Å². The number of halogens is 1. The molecule has 0 saturated carbocycles. The van der Waals surface area contributed by atoms with Gasteiger partial charge in [0.05, 0.1) is 16.9 Å². The number of carbonyl (C=O) groups excluding carboxylic acids is 1. The van der Waals surface area contributed by atoms with Crippen LogP contribution in [0.1, 0.15) is 10.4 Å². The number of nitrogens with one attached hydrogen (secondary N) is 1. The fraction of sp³-hybridized carbons (Fsp3) is 0.133. The average molecular weight is 273 g/mol. The zero-order chi connectivity index (χ0) is 14.7. The molecule has 0 aliphatic rings. The Morgan fingerprint density at radius 1 is 1.20 bits per heavy atom. The average Bonchev–Trinajstić information content (AvgIpc) is 2.38. The van der Waals surface area contributed by atoms with Crippen molar-refractivity contribution in [1.82, 2.24) is 0 Å². The molecule has 0 heterocycles. The number of anilines is 3. The van der Waals surface area contributed by atoms with Gasteiger partial charge in [-0.1, -0.05) is 12.1 Å². The lowest BCUT2D eigenvalue weighted by atomic mass is 10.2. The van der Waals surface area contributed by atoms with Crippen molar-refractivity contribution >= 4 is 23.0 Å². The van der Waals surface area contributed by atoms with Crippen LogP contribution in [-0.4, -0.2) is 20.0 Å². The summed E-state index contributed by atoms with van der Waals surface area (Å²) in [5.74, 6) is -1.05. The molecule has 2 rings (SSSR count). The van der Waals surface area contributed by atoms with Gasteiger partial charge in [0.1, 0.15) is 5.82 Å². The predicted molar refractivity (Wildman–Crippen MR) is 79.5 cm³/mol. The summed E-state index contributed by atoms with van der Waals surface area (Å²) in [6, 6.07) is 11.0. The monoisotopic (exact) mass is 273 g/mol. The Hall–Kier alpha value is -2.56. The van der Waals surface area contributed by atoms with Crippen molar-refractivity contribution in [3.63, 3.8) is 0 Å². The van der Waals surface area contributed by atoms with Gasteiger partial charge in [0, 0.05) is 19.8 Å². The minimum Gasteiger partial charge on any atom is -0.397 e. The maximum Gasteiger partial charge on any atom is 0.258 e. The molecule has 104 valence electrons. The lowest BCUT2D eigenvalue weighted by Gasteiger charge is -2.16. The summed E-state index contributed by atoms with van der Waals surface area (Å²) in [5.41, 5.74) is 7.83. The highest BCUT2D eigenvalue weighted by atomic mass is 19.1. The van der Waals surface area contributed by atoms with Crippen molar-refractivity contribution in [2.75, 3.05) is 30.0 Å². The van der Waals surface area contributed by atoms with E-state index in [1.165, 1.54) is 18.2 Å². The maximum absolute atomic E-state index is 13.5. The standard InChI is InChI=1S/C15H16FN3O/c1-19(2)14-8-7-10(9-13(14)17)18-15(20)11-5-3-4-6-12(11)16/h3-9H,17H2,1-2H3,(H,18,20). The highest BCUT2D eigenvalue weighted by molar-refractivity contribution is 6.04. The summed E-state index contributed by atoms with van der Waals surface area (Å²) in [5, 5.41) is 2.63. The molecule has 0 aromatic heterocycles. The van der Waals surface area contributed by atoms with Crippen LogP contribution in [0.25, 0.3) is 0 Å². The zero-order valence-corrected chi connectivity index (χ0v) is 11.4. The Bertz CT molecular complexity index is 641. The molecule has 0 aliphatic carbocycles. The van der Waals surface area contributed by atoms with E-state index in [9.17, 15) is 9.18 Å². The molecular weight excluding hydrogens is 257 g/mol. The van der Waals surface area contributed by atoms with Crippen LogP contribution in [0.2, 0.25) is 0 Å². The minimum absolute atomic E-state index is 0.00255. The Balaban J connectivity index is 2.21. The van der Waals surface area contributed by atoms with Crippen LogP contribution in [0.3, 0.4) is 0 Å². The number of nitrogen functional groups attached to an aromatic ring is 1. The quantitative estimate of drug-likeness (QED) is 0.845. The Labute approximate surface area is 117 Å². The molecule has 0 bridgehead atoms. The fourth-order valence-electron chi connectivity index (χ4n) is 1.88. The molecule has 0 atom stereocenters. The number of nitrogens with zero attached hydrogens (tertiary/aromatic N) is 1. The van der Waals surface area contributed by atoms with E-state index in [1.54, 1.807) is 24.3 Å². The van der Waals surface area contributed by atoms with Crippen molar-refractivity contribution in [1.29, 1.82) is 0 Å². The van der Waals surface area contributed by atoms with Gasteiger partial charge in [-0.3, -0.25) is 4.79 Å². The van der Waals surface area contributed by atoms with E-state index in [0.29, 0.717) is 11.4 Å². The zero-order valence-electron chi connectivity index (χ0n) is 11.4. The second kappa shape index (κ2) is 5.61. The summed E-state index contributed by atoms with van der Waals surface area (Å²) in [6.45, 7) is 0. The van der Waals surface area contributed by atoms with Gasteiger partial charge in [-0.25, -0.2) is 4.39 Å². The molecule has 2 aromatic rings. The second-order valence-corrected chi connectivity index (χ2v) is 4.60. The molecule has 1 amide bonds. The van der Waals surface area contributed by atoms with E-state index in [4.69, 9.17) is 5.73 Å². The summed E-state index contributed by atoms with van der Waals surface area (Å²) >= 11 is 0. The number of nitrogens with two attached hydrogens (primary N) is 1. The van der Waals surface area contributed by atoms with Crippen LogP contribution in [0.4, 0.5) is 21.5 Å². The first kappa shape index (κ1) is 13.9. The third-order valence-corrected chi connectivity index (χ3v) is 2.89. The molecule has 0 aliphatic heterocycles. The maximum atomic E-state index is 13.5. The van der Waals surface area contributed by atoms with E-state index in [-0.39, 0.29) is 5.56 Å². The lowest BCUT2D eigenvalue weighted by molar-refractivity contribution is 0.102. The van der Waals surface area contributed by atoms with Crippen LogP contribution in [0.15, 0.2) is 42.5 Å². The van der Waals surface area contributed by atoms with Crippen molar-refractivity contribution in [3.05, 3.63) is 53.8 Å². The molecule has 0 saturated heterocycles. The molecule has 2 aromatic carbocycles. The van der Waals surface area contributed by atoms with Crippen molar-refractivity contribution < 1.29 is 9.18 Å². The van der Waals surface area contributed by atoms with Crippen LogP contribution in [-0.2, 0) is 0 Å². The van der Waals surface area contributed by atoms with Gasteiger partial charge < -0.3 is 16.0 Å². The summed E-state index contributed by atoms with van der Waals surface area (Å²) in [7, 11) is 3.76. The summed E-state index contributed by atoms with van der Waals surface area (Å²) in [4.78, 5) is 13.8. The first-order valence-electron chi connectivity index (χ1n) is 6.12. The highest BCUT2D eigenvalue weighted by Crippen LogP contribution is 2.25. The molecule has 0 spiro atoms. The highest BCUT2D eigenvalue weighted by Gasteiger charge is 2.11. The van der Waals surface area contributed by atoms with Gasteiger partial charge in [-0.2, -0.15) is 0 Å². The van der Waals surface area contributed by atoms with Crippen molar-refractivity contribution in [3.8, 4) is 0 Å². The number of amides is 1. The number of benzene rings is 2. The SMILES string of the molecule is CN(C)c1ccc(NC(=O)c2ccccc2F)cc1N. The number of rotatable bonds is 3.